The van der Waals surface area contributed by atoms with Gasteiger partial charge in [0.15, 0.2) is 0 Å². The highest BCUT2D eigenvalue weighted by Gasteiger charge is 2.54. The van der Waals surface area contributed by atoms with E-state index in [0.717, 1.165) is 4.90 Å². The molecule has 1 aromatic rings. The Hall–Kier alpha value is -2.00. The number of furan rings is 1. The van der Waals surface area contributed by atoms with Gasteiger partial charge in [0.2, 0.25) is 17.7 Å². The summed E-state index contributed by atoms with van der Waals surface area (Å²) in [6.07, 6.45) is 0.835. The van der Waals surface area contributed by atoms with E-state index in [1.807, 2.05) is 27.7 Å². The average Bonchev–Trinajstić information content (AvgIpc) is 3.01. The molecule has 1 aliphatic rings. The number of amides is 2. The number of carbonyl (C=O) groups is 3. The van der Waals surface area contributed by atoms with E-state index in [2.05, 4.69) is 5.32 Å². The van der Waals surface area contributed by atoms with Crippen LogP contribution in [0.2, 0.25) is 0 Å². The molecular formula is C17H25N3O5S. The summed E-state index contributed by atoms with van der Waals surface area (Å²) in [7, 11) is 0. The van der Waals surface area contributed by atoms with Gasteiger partial charge in [0, 0.05) is 15.6 Å². The lowest BCUT2D eigenvalue weighted by molar-refractivity contribution is -0.139. The third-order valence-electron chi connectivity index (χ3n) is 4.27. The van der Waals surface area contributed by atoms with Crippen molar-refractivity contribution in [3.8, 4) is 0 Å². The highest BCUT2D eigenvalue weighted by atomic mass is 32.2. The molecule has 1 aliphatic heterocycles. The molecule has 0 aliphatic carbocycles. The first-order chi connectivity index (χ1) is 11.9. The average molecular weight is 383 g/mol. The van der Waals surface area contributed by atoms with Crippen molar-refractivity contribution in [3.63, 3.8) is 0 Å². The first kappa shape index (κ1) is 20.3. The lowest BCUT2D eigenvalue weighted by Gasteiger charge is -2.56. The third-order valence-corrected chi connectivity index (χ3v) is 5.80. The number of carboxylic acids is 1. The van der Waals surface area contributed by atoms with Gasteiger partial charge in [-0.05, 0) is 33.8 Å². The van der Waals surface area contributed by atoms with Crippen LogP contribution in [0.1, 0.15) is 34.1 Å². The van der Waals surface area contributed by atoms with Crippen molar-refractivity contribution in [2.24, 2.45) is 5.73 Å². The molecule has 1 fully saturated rings. The van der Waals surface area contributed by atoms with E-state index in [1.165, 1.54) is 12.3 Å². The fourth-order valence-corrected chi connectivity index (χ4v) is 5.55. The summed E-state index contributed by atoms with van der Waals surface area (Å²) >= 11 is 1.77. The van der Waals surface area contributed by atoms with E-state index in [1.54, 1.807) is 17.8 Å². The van der Waals surface area contributed by atoms with Crippen molar-refractivity contribution in [2.75, 3.05) is 11.4 Å². The number of nitrogens with one attached hydrogen (secondary N) is 1. The normalized spacial score (nSPS) is 19.3. The third kappa shape index (κ3) is 4.39. The lowest BCUT2D eigenvalue weighted by Crippen LogP contribution is -2.67. The smallest absolute Gasteiger partial charge is 0.305 e. The van der Waals surface area contributed by atoms with Crippen LogP contribution in [-0.4, -0.2) is 51.0 Å². The number of anilines is 1. The molecule has 1 aromatic heterocycles. The summed E-state index contributed by atoms with van der Waals surface area (Å²) in [5, 5.41) is 11.8. The molecule has 0 spiro atoms. The number of rotatable bonds is 7. The van der Waals surface area contributed by atoms with Gasteiger partial charge in [-0.15, -0.1) is 11.8 Å². The van der Waals surface area contributed by atoms with E-state index >= 15 is 0 Å². The summed E-state index contributed by atoms with van der Waals surface area (Å²) < 4.78 is 4.99. The number of carboxylic acid groups (broad SMARTS) is 1. The molecule has 2 heterocycles. The highest BCUT2D eigenvalue weighted by Crippen LogP contribution is 2.54. The molecule has 144 valence electrons. The second kappa shape index (κ2) is 7.32. The zero-order valence-electron chi connectivity index (χ0n) is 15.3. The number of nitrogens with zero attached hydrogens (tertiary/aromatic N) is 1. The van der Waals surface area contributed by atoms with Crippen molar-refractivity contribution >= 4 is 35.4 Å². The summed E-state index contributed by atoms with van der Waals surface area (Å²) in [5.74, 6) is -2.08. The van der Waals surface area contributed by atoms with E-state index in [-0.39, 0.29) is 33.9 Å². The van der Waals surface area contributed by atoms with E-state index < -0.39 is 24.3 Å². The number of hydrogen-bond donors (Lipinski definition) is 3. The highest BCUT2D eigenvalue weighted by molar-refractivity contribution is 8.03. The molecule has 0 aromatic carbocycles. The van der Waals surface area contributed by atoms with E-state index in [9.17, 15) is 14.4 Å². The molecule has 4 N–H and O–H groups in total. The zero-order chi connectivity index (χ0) is 19.7. The van der Waals surface area contributed by atoms with Crippen molar-refractivity contribution in [2.45, 2.75) is 55.7 Å². The van der Waals surface area contributed by atoms with Gasteiger partial charge in [-0.25, -0.2) is 0 Å². The fourth-order valence-electron chi connectivity index (χ4n) is 3.44. The topological polar surface area (TPSA) is 126 Å². The van der Waals surface area contributed by atoms with Crippen LogP contribution in [0.15, 0.2) is 22.8 Å². The Kier molecular flexibility index (Phi) is 5.72. The lowest BCUT2D eigenvalue weighted by atomic mass is 9.89. The fraction of sp³-hybridized carbons (Fsp3) is 0.588. The number of nitrogens with two attached hydrogens (primary N) is 1. The Labute approximate surface area is 156 Å². The predicted molar refractivity (Wildman–Crippen MR) is 99.0 cm³/mol. The minimum Gasteiger partial charge on any atom is -0.481 e. The van der Waals surface area contributed by atoms with Gasteiger partial charge in [0.1, 0.15) is 6.54 Å². The van der Waals surface area contributed by atoms with Crippen LogP contribution in [0.25, 0.3) is 0 Å². The van der Waals surface area contributed by atoms with Crippen molar-refractivity contribution < 1.29 is 23.9 Å². The number of aliphatic carboxylic acids is 1. The standard InChI is InChI=1S/C17H25N3O5S/c1-16(2)15(17(3,4)26-16)19-11(21)9-20(12-6-5-7-25-12)14(24)10(18)8-13(22)23/h5-7,10,15H,8-9,18H2,1-4H3,(H,19,21)(H,22,23)/t10-/m0/s1. The molecule has 1 saturated heterocycles. The summed E-state index contributed by atoms with van der Waals surface area (Å²) in [4.78, 5) is 37.0. The predicted octanol–water partition coefficient (Wildman–Crippen LogP) is 1.20. The molecule has 0 radical (unpaired) electrons. The molecule has 8 nitrogen and oxygen atoms in total. The quantitative estimate of drug-likeness (QED) is 0.646. The monoisotopic (exact) mass is 383 g/mol. The Morgan fingerprint density at radius 3 is 2.42 bits per heavy atom. The first-order valence-corrected chi connectivity index (χ1v) is 9.07. The Bertz CT molecular complexity index is 673. The maximum Gasteiger partial charge on any atom is 0.305 e. The molecule has 2 rings (SSSR count). The van der Waals surface area contributed by atoms with Gasteiger partial charge in [-0.1, -0.05) is 0 Å². The van der Waals surface area contributed by atoms with Gasteiger partial charge >= 0.3 is 5.97 Å². The number of thioether (sulfide) groups is 1. The van der Waals surface area contributed by atoms with Crippen LogP contribution in [0, 0.1) is 0 Å². The minimum atomic E-state index is -1.27. The van der Waals surface area contributed by atoms with Gasteiger partial charge in [0.05, 0.1) is 24.8 Å². The second-order valence-corrected chi connectivity index (χ2v) is 9.70. The van der Waals surface area contributed by atoms with Gasteiger partial charge in [0.25, 0.3) is 0 Å². The molecule has 0 saturated carbocycles. The summed E-state index contributed by atoms with van der Waals surface area (Å²) in [6.45, 7) is 7.89. The summed E-state index contributed by atoms with van der Waals surface area (Å²) in [5.41, 5.74) is 5.68. The van der Waals surface area contributed by atoms with Gasteiger partial charge in [-0.2, -0.15) is 0 Å². The maximum absolute atomic E-state index is 12.6. The first-order valence-electron chi connectivity index (χ1n) is 8.26. The van der Waals surface area contributed by atoms with Gasteiger partial charge < -0.3 is 20.6 Å². The van der Waals surface area contributed by atoms with Crippen molar-refractivity contribution in [1.82, 2.24) is 5.32 Å². The molecule has 26 heavy (non-hydrogen) atoms. The van der Waals surface area contributed by atoms with Crippen LogP contribution in [0.5, 0.6) is 0 Å². The number of hydrogen-bond acceptors (Lipinski definition) is 6. The van der Waals surface area contributed by atoms with E-state index in [4.69, 9.17) is 15.3 Å². The molecular weight excluding hydrogens is 358 g/mol. The Balaban J connectivity index is 2.11. The van der Waals surface area contributed by atoms with Crippen LogP contribution in [-0.2, 0) is 14.4 Å². The van der Waals surface area contributed by atoms with Crippen LogP contribution < -0.4 is 16.0 Å². The van der Waals surface area contributed by atoms with E-state index in [0.29, 0.717) is 0 Å². The zero-order valence-corrected chi connectivity index (χ0v) is 16.1. The largest absolute Gasteiger partial charge is 0.481 e. The molecule has 1 atom stereocenters. The molecule has 2 amide bonds. The van der Waals surface area contributed by atoms with Crippen molar-refractivity contribution in [1.29, 1.82) is 0 Å². The molecule has 0 bridgehead atoms. The van der Waals surface area contributed by atoms with Crippen LogP contribution >= 0.6 is 11.8 Å². The Morgan fingerprint density at radius 2 is 1.96 bits per heavy atom. The maximum atomic E-state index is 12.6. The van der Waals surface area contributed by atoms with Crippen LogP contribution in [0.3, 0.4) is 0 Å². The van der Waals surface area contributed by atoms with Gasteiger partial charge in [-0.3, -0.25) is 19.3 Å². The number of carbonyl (C=O) groups excluding carboxylic acids is 2. The molecule has 0 unspecified atom stereocenters. The minimum absolute atomic E-state index is 0.0613. The summed E-state index contributed by atoms with van der Waals surface area (Å²) in [6, 6.07) is 1.77. The van der Waals surface area contributed by atoms with Crippen LogP contribution in [0.4, 0.5) is 5.88 Å². The van der Waals surface area contributed by atoms with Crippen molar-refractivity contribution in [3.05, 3.63) is 18.4 Å². The SMILES string of the molecule is CC1(C)SC(C)(C)C1NC(=O)CN(C(=O)[C@@H](N)CC(=O)O)c1ccco1. The molecule has 9 heteroatoms. The Morgan fingerprint density at radius 1 is 1.35 bits per heavy atom. The second-order valence-electron chi connectivity index (χ2n) is 7.39.